The molecule has 0 atom stereocenters. The second-order valence-electron chi connectivity index (χ2n) is 11.8. The molecule has 0 aliphatic rings. The Hall–Kier alpha value is -3.18. The Morgan fingerprint density at radius 2 is 1.77 bits per heavy atom. The number of hydrogen-bond donors (Lipinski definition) is 1. The van der Waals surface area contributed by atoms with Crippen molar-refractivity contribution in [3.05, 3.63) is 76.4 Å². The summed E-state index contributed by atoms with van der Waals surface area (Å²) in [5.41, 5.74) is 3.98. The first kappa shape index (κ1) is 30.4. The SMILES string of the molecule is Cc1ccc(NC(=O)c2cccc(C(C)(C)C#N)c2)cc1-c1cc(Cl)nc(OCCO[Si](C)(C)C(C)(C)C)c1. The lowest BCUT2D eigenvalue weighted by Crippen LogP contribution is -2.41. The fourth-order valence-corrected chi connectivity index (χ4v) is 4.92. The molecule has 1 heterocycles. The molecular weight excluding hydrogens is 526 g/mol. The second-order valence-corrected chi connectivity index (χ2v) is 17.0. The third-order valence-electron chi connectivity index (χ3n) is 7.31. The van der Waals surface area contributed by atoms with Crippen LogP contribution < -0.4 is 10.1 Å². The number of nitrogens with one attached hydrogen (secondary N) is 1. The highest BCUT2D eigenvalue weighted by molar-refractivity contribution is 6.74. The third kappa shape index (κ3) is 7.69. The minimum Gasteiger partial charge on any atom is -0.475 e. The van der Waals surface area contributed by atoms with Crippen LogP contribution in [0.4, 0.5) is 5.69 Å². The van der Waals surface area contributed by atoms with Gasteiger partial charge in [0.15, 0.2) is 8.32 Å². The molecule has 0 saturated carbocycles. The Bertz CT molecular complexity index is 1390. The highest BCUT2D eigenvalue weighted by atomic mass is 35.5. The number of rotatable bonds is 9. The van der Waals surface area contributed by atoms with Gasteiger partial charge in [0.05, 0.1) is 18.1 Å². The van der Waals surface area contributed by atoms with Crippen molar-refractivity contribution < 1.29 is 14.0 Å². The van der Waals surface area contributed by atoms with Gasteiger partial charge in [0.2, 0.25) is 5.88 Å². The maximum atomic E-state index is 13.0. The number of nitrogens with zero attached hydrogens (tertiary/aromatic N) is 2. The van der Waals surface area contributed by atoms with Crippen molar-refractivity contribution in [2.24, 2.45) is 0 Å². The number of carbonyl (C=O) groups is 1. The van der Waals surface area contributed by atoms with Crippen molar-refractivity contribution in [3.8, 4) is 23.1 Å². The number of hydrogen-bond acceptors (Lipinski definition) is 5. The molecule has 8 heteroatoms. The van der Waals surface area contributed by atoms with Crippen molar-refractivity contribution in [2.75, 3.05) is 18.5 Å². The first-order valence-electron chi connectivity index (χ1n) is 13.0. The lowest BCUT2D eigenvalue weighted by molar-refractivity contribution is 0.102. The van der Waals surface area contributed by atoms with E-state index in [1.807, 2.05) is 51.1 Å². The van der Waals surface area contributed by atoms with E-state index in [1.54, 1.807) is 24.3 Å². The first-order valence-corrected chi connectivity index (χ1v) is 16.3. The van der Waals surface area contributed by atoms with Gasteiger partial charge in [-0.15, -0.1) is 0 Å². The smallest absolute Gasteiger partial charge is 0.255 e. The quantitative estimate of drug-likeness (QED) is 0.161. The predicted molar refractivity (Wildman–Crippen MR) is 161 cm³/mol. The van der Waals surface area contributed by atoms with E-state index in [9.17, 15) is 10.1 Å². The van der Waals surface area contributed by atoms with Gasteiger partial charge in [-0.3, -0.25) is 4.79 Å². The van der Waals surface area contributed by atoms with E-state index in [1.165, 1.54) is 0 Å². The Morgan fingerprint density at radius 3 is 2.44 bits per heavy atom. The monoisotopic (exact) mass is 563 g/mol. The van der Waals surface area contributed by atoms with Crippen LogP contribution in [0.5, 0.6) is 5.88 Å². The Balaban J connectivity index is 1.77. The summed E-state index contributed by atoms with van der Waals surface area (Å²) < 4.78 is 12.1. The maximum Gasteiger partial charge on any atom is 0.255 e. The van der Waals surface area contributed by atoms with E-state index >= 15 is 0 Å². The van der Waals surface area contributed by atoms with E-state index < -0.39 is 13.7 Å². The molecule has 39 heavy (non-hydrogen) atoms. The van der Waals surface area contributed by atoms with Gasteiger partial charge < -0.3 is 14.5 Å². The van der Waals surface area contributed by atoms with Gasteiger partial charge in [0.25, 0.3) is 5.91 Å². The summed E-state index contributed by atoms with van der Waals surface area (Å²) in [5, 5.41) is 12.9. The zero-order valence-electron chi connectivity index (χ0n) is 24.1. The van der Waals surface area contributed by atoms with E-state index in [2.05, 4.69) is 50.2 Å². The number of anilines is 1. The van der Waals surface area contributed by atoms with Crippen LogP contribution in [0.2, 0.25) is 23.3 Å². The molecule has 3 rings (SSSR count). The molecule has 0 radical (unpaired) electrons. The molecule has 206 valence electrons. The van der Waals surface area contributed by atoms with Gasteiger partial charge in [-0.25, -0.2) is 4.98 Å². The third-order valence-corrected chi connectivity index (χ3v) is 12.0. The van der Waals surface area contributed by atoms with Gasteiger partial charge in [-0.1, -0.05) is 50.6 Å². The minimum atomic E-state index is -1.86. The zero-order valence-corrected chi connectivity index (χ0v) is 25.9. The van der Waals surface area contributed by atoms with Crippen LogP contribution in [0.15, 0.2) is 54.6 Å². The molecule has 1 N–H and O–H groups in total. The number of benzene rings is 2. The van der Waals surface area contributed by atoms with Crippen molar-refractivity contribution in [2.45, 2.75) is 65.1 Å². The Labute approximate surface area is 238 Å². The largest absolute Gasteiger partial charge is 0.475 e. The Morgan fingerprint density at radius 1 is 1.05 bits per heavy atom. The summed E-state index contributed by atoms with van der Waals surface area (Å²) in [4.78, 5) is 17.4. The number of ether oxygens (including phenoxy) is 1. The van der Waals surface area contributed by atoms with Crippen molar-refractivity contribution in [3.63, 3.8) is 0 Å². The fraction of sp³-hybridized carbons (Fsp3) is 0.387. The molecular formula is C31H38ClN3O3Si. The number of nitriles is 1. The zero-order chi connectivity index (χ0) is 29.0. The highest BCUT2D eigenvalue weighted by Crippen LogP contribution is 2.36. The lowest BCUT2D eigenvalue weighted by Gasteiger charge is -2.36. The van der Waals surface area contributed by atoms with Crippen LogP contribution in [0.25, 0.3) is 11.1 Å². The summed E-state index contributed by atoms with van der Waals surface area (Å²) in [5.74, 6) is 0.168. The van der Waals surface area contributed by atoms with Crippen molar-refractivity contribution >= 4 is 31.5 Å². The molecule has 0 saturated heterocycles. The molecule has 2 aromatic carbocycles. The van der Waals surface area contributed by atoms with E-state index in [0.29, 0.717) is 35.5 Å². The fourth-order valence-electron chi connectivity index (χ4n) is 3.69. The number of halogens is 1. The van der Waals surface area contributed by atoms with Crippen molar-refractivity contribution in [1.29, 1.82) is 5.26 Å². The normalized spacial score (nSPS) is 12.1. The summed E-state index contributed by atoms with van der Waals surface area (Å²) in [7, 11) is -1.86. The molecule has 0 unspecified atom stereocenters. The molecule has 0 aliphatic heterocycles. The van der Waals surface area contributed by atoms with Crippen LogP contribution in [-0.4, -0.2) is 32.4 Å². The van der Waals surface area contributed by atoms with Crippen LogP contribution >= 0.6 is 11.6 Å². The number of pyridine rings is 1. The van der Waals surface area contributed by atoms with Crippen LogP contribution in [0, 0.1) is 18.3 Å². The molecule has 0 aliphatic carbocycles. The maximum absolute atomic E-state index is 13.0. The van der Waals surface area contributed by atoms with Gasteiger partial charge in [0, 0.05) is 17.3 Å². The van der Waals surface area contributed by atoms with Crippen LogP contribution in [0.3, 0.4) is 0 Å². The summed E-state index contributed by atoms with van der Waals surface area (Å²) in [6, 6.07) is 18.8. The average molecular weight is 564 g/mol. The average Bonchev–Trinajstić information content (AvgIpc) is 2.87. The molecule has 0 fully saturated rings. The van der Waals surface area contributed by atoms with Gasteiger partial charge in [-0.2, -0.15) is 5.26 Å². The number of aromatic nitrogens is 1. The second kappa shape index (κ2) is 11.9. The summed E-state index contributed by atoms with van der Waals surface area (Å²) in [6.45, 7) is 17.5. The van der Waals surface area contributed by atoms with Crippen molar-refractivity contribution in [1.82, 2.24) is 4.98 Å². The highest BCUT2D eigenvalue weighted by Gasteiger charge is 2.36. The van der Waals surface area contributed by atoms with Crippen LogP contribution in [-0.2, 0) is 9.84 Å². The molecule has 3 aromatic rings. The topological polar surface area (TPSA) is 84.2 Å². The van der Waals surface area contributed by atoms with Gasteiger partial charge >= 0.3 is 0 Å². The minimum absolute atomic E-state index is 0.127. The Kier molecular flexibility index (Phi) is 9.27. The van der Waals surface area contributed by atoms with E-state index in [0.717, 1.165) is 22.3 Å². The molecule has 0 spiro atoms. The molecule has 1 aromatic heterocycles. The molecule has 0 bridgehead atoms. The first-order chi connectivity index (χ1) is 18.1. The molecule has 6 nitrogen and oxygen atoms in total. The van der Waals surface area contributed by atoms with E-state index in [4.69, 9.17) is 20.8 Å². The summed E-state index contributed by atoms with van der Waals surface area (Å²) in [6.07, 6.45) is 0. The van der Waals surface area contributed by atoms with Crippen LogP contribution in [0.1, 0.15) is 56.1 Å². The van der Waals surface area contributed by atoms with E-state index in [-0.39, 0.29) is 10.9 Å². The number of carbonyl (C=O) groups excluding carboxylic acids is 1. The van der Waals surface area contributed by atoms with Gasteiger partial charge in [-0.05, 0) is 91.5 Å². The lowest BCUT2D eigenvalue weighted by atomic mass is 9.85. The predicted octanol–water partition coefficient (Wildman–Crippen LogP) is 8.16. The van der Waals surface area contributed by atoms with Gasteiger partial charge in [0.1, 0.15) is 11.8 Å². The number of aryl methyl sites for hydroxylation is 1. The standard InChI is InChI=1S/C31H38ClN3O3Si/c1-21-12-13-25(34-29(36)22-10-9-11-24(16-22)31(5,6)20-33)19-26(21)23-17-27(32)35-28(18-23)37-14-15-38-39(7,8)30(2,3)4/h9-13,16-19H,14-15H2,1-8H3,(H,34,36). The summed E-state index contributed by atoms with van der Waals surface area (Å²) >= 11 is 6.36. The molecule has 1 amide bonds. The number of amides is 1.